The highest BCUT2D eigenvalue weighted by molar-refractivity contribution is 5.27. The molecule has 1 aliphatic rings. The van der Waals surface area contributed by atoms with Crippen molar-refractivity contribution in [3.8, 4) is 0 Å². The minimum absolute atomic E-state index is 0.785. The first-order chi connectivity index (χ1) is 6.70. The van der Waals surface area contributed by atoms with Crippen LogP contribution in [0.1, 0.15) is 40.5 Å². The lowest BCUT2D eigenvalue weighted by molar-refractivity contribution is 0.336. The summed E-state index contributed by atoms with van der Waals surface area (Å²) in [5.74, 6) is 1.58. The highest BCUT2D eigenvalue weighted by Gasteiger charge is 2.33. The molecule has 1 rings (SSSR count). The van der Waals surface area contributed by atoms with Crippen LogP contribution in [0.5, 0.6) is 0 Å². The lowest BCUT2D eigenvalue weighted by Crippen LogP contribution is -2.28. The third-order valence-electron chi connectivity index (χ3n) is 3.13. The van der Waals surface area contributed by atoms with E-state index in [2.05, 4.69) is 52.0 Å². The van der Waals surface area contributed by atoms with E-state index in [0.717, 1.165) is 11.8 Å². The van der Waals surface area contributed by atoms with Crippen LogP contribution >= 0.6 is 0 Å². The van der Waals surface area contributed by atoms with Crippen LogP contribution in [0.2, 0.25) is 0 Å². The molecule has 0 N–H and O–H groups in total. The summed E-state index contributed by atoms with van der Waals surface area (Å²) in [6.07, 6.45) is 11.5. The molecule has 1 saturated carbocycles. The van der Waals surface area contributed by atoms with Gasteiger partial charge in [0.15, 0.2) is 0 Å². The molecule has 0 saturated heterocycles. The number of hydrogen-bond donors (Lipinski definition) is 0. The van der Waals surface area contributed by atoms with Gasteiger partial charge in [-0.25, -0.2) is 0 Å². The van der Waals surface area contributed by atoms with Crippen molar-refractivity contribution in [3.05, 3.63) is 35.5 Å². The van der Waals surface area contributed by atoms with Crippen LogP contribution in [-0.4, -0.2) is 0 Å². The molecule has 14 heavy (non-hydrogen) atoms. The van der Waals surface area contributed by atoms with Gasteiger partial charge >= 0.3 is 0 Å². The van der Waals surface area contributed by atoms with Crippen LogP contribution in [0.3, 0.4) is 0 Å². The van der Waals surface area contributed by atoms with Crippen molar-refractivity contribution in [2.45, 2.75) is 40.5 Å². The molecule has 0 nitrogen and oxygen atoms in total. The molecule has 0 radical (unpaired) electrons. The standard InChI is InChI=1S/C14H22/c1-5-7-9-13-12(8-6-2)10-14(13)11(3)4/h5-8,12-13H,9-10H2,1-4H3. The van der Waals surface area contributed by atoms with Gasteiger partial charge in [-0.1, -0.05) is 35.5 Å². The number of hydrogen-bond acceptors (Lipinski definition) is 0. The third kappa shape index (κ3) is 2.37. The van der Waals surface area contributed by atoms with Gasteiger partial charge in [-0.15, -0.1) is 0 Å². The fourth-order valence-corrected chi connectivity index (χ4v) is 2.27. The van der Waals surface area contributed by atoms with E-state index < -0.39 is 0 Å². The molecule has 0 aliphatic heterocycles. The van der Waals surface area contributed by atoms with Gasteiger partial charge in [0, 0.05) is 0 Å². The second-order valence-corrected chi connectivity index (χ2v) is 4.33. The molecule has 0 aromatic rings. The van der Waals surface area contributed by atoms with E-state index in [1.807, 2.05) is 0 Å². The maximum atomic E-state index is 2.36. The van der Waals surface area contributed by atoms with Crippen LogP contribution in [0.4, 0.5) is 0 Å². The Balaban J connectivity index is 2.66. The molecule has 1 aliphatic carbocycles. The van der Waals surface area contributed by atoms with Crippen molar-refractivity contribution in [2.24, 2.45) is 11.8 Å². The summed E-state index contributed by atoms with van der Waals surface area (Å²) in [5.41, 5.74) is 3.21. The average Bonchev–Trinajstić information content (AvgIpc) is 2.11. The SMILES string of the molecule is CC=CCC1C(=C(C)C)CC1C=CC. The second kappa shape index (κ2) is 5.19. The van der Waals surface area contributed by atoms with E-state index in [1.54, 1.807) is 5.57 Å². The average molecular weight is 190 g/mol. The molecule has 78 valence electrons. The molecule has 1 fully saturated rings. The zero-order chi connectivity index (χ0) is 10.6. The van der Waals surface area contributed by atoms with Gasteiger partial charge in [0.2, 0.25) is 0 Å². The maximum Gasteiger partial charge on any atom is -0.00999 e. The first kappa shape index (κ1) is 11.3. The molecule has 0 heteroatoms. The van der Waals surface area contributed by atoms with E-state index in [0.29, 0.717) is 0 Å². The highest BCUT2D eigenvalue weighted by Crippen LogP contribution is 2.44. The van der Waals surface area contributed by atoms with Crippen molar-refractivity contribution in [2.75, 3.05) is 0 Å². The fraction of sp³-hybridized carbons (Fsp3) is 0.571. The normalized spacial score (nSPS) is 27.3. The minimum atomic E-state index is 0.785. The van der Waals surface area contributed by atoms with Gasteiger partial charge < -0.3 is 0 Å². The minimum Gasteiger partial charge on any atom is -0.0916 e. The fourth-order valence-electron chi connectivity index (χ4n) is 2.27. The molecule has 0 aromatic carbocycles. The molecule has 0 amide bonds. The molecule has 0 aromatic heterocycles. The molecule has 0 heterocycles. The second-order valence-electron chi connectivity index (χ2n) is 4.33. The van der Waals surface area contributed by atoms with Crippen molar-refractivity contribution in [1.82, 2.24) is 0 Å². The lowest BCUT2D eigenvalue weighted by atomic mass is 9.66. The zero-order valence-electron chi connectivity index (χ0n) is 9.88. The predicted molar refractivity (Wildman–Crippen MR) is 64.2 cm³/mol. The topological polar surface area (TPSA) is 0 Å². The Morgan fingerprint density at radius 2 is 2.00 bits per heavy atom. The largest absolute Gasteiger partial charge is 0.0916 e. The summed E-state index contributed by atoms with van der Waals surface area (Å²) >= 11 is 0. The molecular weight excluding hydrogens is 168 g/mol. The van der Waals surface area contributed by atoms with Crippen LogP contribution in [0, 0.1) is 11.8 Å². The van der Waals surface area contributed by atoms with E-state index in [9.17, 15) is 0 Å². The maximum absolute atomic E-state index is 2.36. The molecule has 0 spiro atoms. The van der Waals surface area contributed by atoms with Crippen molar-refractivity contribution in [1.29, 1.82) is 0 Å². The predicted octanol–water partition coefficient (Wildman–Crippen LogP) is 4.50. The Bertz CT molecular complexity index is 262. The summed E-state index contributed by atoms with van der Waals surface area (Å²) in [6.45, 7) is 8.70. The zero-order valence-corrected chi connectivity index (χ0v) is 9.88. The van der Waals surface area contributed by atoms with Gasteiger partial charge in [0.05, 0.1) is 0 Å². The first-order valence-electron chi connectivity index (χ1n) is 5.61. The quantitative estimate of drug-likeness (QED) is 0.575. The van der Waals surface area contributed by atoms with Gasteiger partial charge in [-0.3, -0.25) is 0 Å². The molecule has 2 atom stereocenters. The van der Waals surface area contributed by atoms with Crippen LogP contribution in [0.25, 0.3) is 0 Å². The summed E-state index contributed by atoms with van der Waals surface area (Å²) in [5, 5.41) is 0. The Labute approximate surface area is 88.4 Å². The summed E-state index contributed by atoms with van der Waals surface area (Å²) in [7, 11) is 0. The summed E-state index contributed by atoms with van der Waals surface area (Å²) in [4.78, 5) is 0. The summed E-state index contributed by atoms with van der Waals surface area (Å²) in [6, 6.07) is 0. The van der Waals surface area contributed by atoms with E-state index in [1.165, 1.54) is 18.4 Å². The Hall–Kier alpha value is -0.780. The Kier molecular flexibility index (Phi) is 4.19. The smallest absolute Gasteiger partial charge is 0.00999 e. The highest BCUT2D eigenvalue weighted by atomic mass is 14.4. The van der Waals surface area contributed by atoms with Crippen LogP contribution in [-0.2, 0) is 0 Å². The van der Waals surface area contributed by atoms with Gasteiger partial charge in [-0.05, 0) is 52.4 Å². The summed E-state index contributed by atoms with van der Waals surface area (Å²) < 4.78 is 0. The van der Waals surface area contributed by atoms with Crippen LogP contribution in [0.15, 0.2) is 35.5 Å². The van der Waals surface area contributed by atoms with Crippen molar-refractivity contribution in [3.63, 3.8) is 0 Å². The van der Waals surface area contributed by atoms with Crippen molar-refractivity contribution < 1.29 is 0 Å². The van der Waals surface area contributed by atoms with E-state index in [-0.39, 0.29) is 0 Å². The lowest BCUT2D eigenvalue weighted by Gasteiger charge is -2.39. The monoisotopic (exact) mass is 190 g/mol. The molecule has 0 bridgehead atoms. The van der Waals surface area contributed by atoms with E-state index >= 15 is 0 Å². The Morgan fingerprint density at radius 1 is 1.29 bits per heavy atom. The van der Waals surface area contributed by atoms with Gasteiger partial charge in [0.25, 0.3) is 0 Å². The van der Waals surface area contributed by atoms with E-state index in [4.69, 9.17) is 0 Å². The molecular formula is C14H22. The van der Waals surface area contributed by atoms with Gasteiger partial charge in [-0.2, -0.15) is 0 Å². The first-order valence-corrected chi connectivity index (χ1v) is 5.61. The van der Waals surface area contributed by atoms with Crippen molar-refractivity contribution >= 4 is 0 Å². The van der Waals surface area contributed by atoms with Gasteiger partial charge in [0.1, 0.15) is 0 Å². The number of rotatable bonds is 3. The molecule has 2 unspecified atom stereocenters. The van der Waals surface area contributed by atoms with Crippen LogP contribution < -0.4 is 0 Å². The number of allylic oxidation sites excluding steroid dienone is 6. The Morgan fingerprint density at radius 3 is 2.50 bits per heavy atom. The third-order valence-corrected chi connectivity index (χ3v) is 3.13.